The summed E-state index contributed by atoms with van der Waals surface area (Å²) in [5.74, 6) is 0.515. The van der Waals surface area contributed by atoms with Crippen LogP contribution >= 0.6 is 0 Å². The highest BCUT2D eigenvalue weighted by Gasteiger charge is 2.08. The second-order valence-corrected chi connectivity index (χ2v) is 7.03. The fraction of sp³-hybridized carbons (Fsp3) is 0.0400. The minimum absolute atomic E-state index is 0.154. The molecule has 146 valence electrons. The second-order valence-electron chi connectivity index (χ2n) is 7.03. The number of fused-ring (bicyclic) bond motifs is 2. The van der Waals surface area contributed by atoms with E-state index in [1.54, 1.807) is 0 Å². The number of nitrogens with one attached hydrogen (secondary N) is 1. The summed E-state index contributed by atoms with van der Waals surface area (Å²) in [5, 5.41) is 5.09. The van der Waals surface area contributed by atoms with Crippen LogP contribution in [0.3, 0.4) is 0 Å². The number of hydrogen-bond acceptors (Lipinski definition) is 3. The van der Waals surface area contributed by atoms with Crippen LogP contribution in [0.15, 0.2) is 97.3 Å². The van der Waals surface area contributed by atoms with Crippen molar-refractivity contribution in [2.24, 2.45) is 0 Å². The van der Waals surface area contributed by atoms with Gasteiger partial charge in [-0.05, 0) is 47.2 Å². The van der Waals surface area contributed by atoms with Gasteiger partial charge in [-0.15, -0.1) is 0 Å². The number of ether oxygens (including phenoxy) is 1. The van der Waals surface area contributed by atoms with Crippen molar-refractivity contribution in [2.75, 3.05) is 5.32 Å². The molecule has 0 saturated heterocycles. The Bertz CT molecular complexity index is 1320. The van der Waals surface area contributed by atoms with Crippen LogP contribution in [-0.2, 0) is 6.61 Å². The van der Waals surface area contributed by atoms with E-state index in [0.717, 1.165) is 22.1 Å². The van der Waals surface area contributed by atoms with E-state index in [0.29, 0.717) is 23.6 Å². The Kier molecular flexibility index (Phi) is 4.62. The predicted octanol–water partition coefficient (Wildman–Crippen LogP) is 5.32. The van der Waals surface area contributed by atoms with Crippen molar-refractivity contribution in [1.29, 1.82) is 0 Å². The van der Waals surface area contributed by atoms with Crippen LogP contribution in [0.2, 0.25) is 0 Å². The Morgan fingerprint density at radius 3 is 2.67 bits per heavy atom. The zero-order chi connectivity index (χ0) is 20.3. The van der Waals surface area contributed by atoms with Crippen molar-refractivity contribution < 1.29 is 9.53 Å². The molecule has 0 unspecified atom stereocenters. The molecular weight excluding hydrogens is 374 g/mol. The summed E-state index contributed by atoms with van der Waals surface area (Å²) in [7, 11) is 0. The van der Waals surface area contributed by atoms with Crippen molar-refractivity contribution in [3.05, 3.63) is 109 Å². The molecule has 30 heavy (non-hydrogen) atoms. The first kappa shape index (κ1) is 17.9. The Morgan fingerprint density at radius 1 is 0.900 bits per heavy atom. The molecule has 2 heterocycles. The molecule has 0 saturated carbocycles. The lowest BCUT2D eigenvalue weighted by molar-refractivity contribution is 0.102. The fourth-order valence-electron chi connectivity index (χ4n) is 3.41. The van der Waals surface area contributed by atoms with Gasteiger partial charge in [0.1, 0.15) is 18.0 Å². The molecule has 1 amide bonds. The lowest BCUT2D eigenvalue weighted by Gasteiger charge is -2.09. The third-order valence-corrected chi connectivity index (χ3v) is 4.90. The number of hydrogen-bond donors (Lipinski definition) is 1. The van der Waals surface area contributed by atoms with E-state index in [1.807, 2.05) is 102 Å². The molecule has 5 nitrogen and oxygen atoms in total. The second kappa shape index (κ2) is 7.72. The first-order valence-electron chi connectivity index (χ1n) is 9.70. The van der Waals surface area contributed by atoms with E-state index in [-0.39, 0.29) is 5.91 Å². The summed E-state index contributed by atoms with van der Waals surface area (Å²) in [4.78, 5) is 17.2. The number of amides is 1. The quantitative estimate of drug-likeness (QED) is 0.440. The number of pyridine rings is 1. The standard InChI is InChI=1S/C25H19N3O2/c29-25(20-12-11-18-6-1-2-7-19(18)14-20)27-21-8-5-9-23(15-21)30-17-22-16-28-13-4-3-10-24(28)26-22/h1-16H,17H2,(H,27,29). The molecule has 3 aromatic carbocycles. The summed E-state index contributed by atoms with van der Waals surface area (Å²) in [5.41, 5.74) is 3.02. The van der Waals surface area contributed by atoms with Crippen LogP contribution in [0, 0.1) is 0 Å². The highest BCUT2D eigenvalue weighted by atomic mass is 16.5. The molecule has 0 bridgehead atoms. The minimum Gasteiger partial charge on any atom is -0.487 e. The summed E-state index contributed by atoms with van der Waals surface area (Å²) in [6.07, 6.45) is 3.90. The van der Waals surface area contributed by atoms with Gasteiger partial charge in [0, 0.05) is 29.7 Å². The number of carbonyl (C=O) groups is 1. The van der Waals surface area contributed by atoms with E-state index >= 15 is 0 Å². The Balaban J connectivity index is 1.28. The summed E-state index contributed by atoms with van der Waals surface area (Å²) >= 11 is 0. The Hall–Kier alpha value is -4.12. The predicted molar refractivity (Wildman–Crippen MR) is 118 cm³/mol. The van der Waals surface area contributed by atoms with Gasteiger partial charge >= 0.3 is 0 Å². The van der Waals surface area contributed by atoms with Crippen molar-refractivity contribution in [3.8, 4) is 5.75 Å². The van der Waals surface area contributed by atoms with Gasteiger partial charge in [-0.3, -0.25) is 4.79 Å². The van der Waals surface area contributed by atoms with Crippen molar-refractivity contribution in [1.82, 2.24) is 9.38 Å². The Morgan fingerprint density at radius 2 is 1.77 bits per heavy atom. The largest absolute Gasteiger partial charge is 0.487 e. The maximum atomic E-state index is 12.7. The highest BCUT2D eigenvalue weighted by Crippen LogP contribution is 2.21. The number of imidazole rings is 1. The minimum atomic E-state index is -0.154. The van der Waals surface area contributed by atoms with Crippen molar-refractivity contribution in [3.63, 3.8) is 0 Å². The molecule has 5 heteroatoms. The maximum Gasteiger partial charge on any atom is 0.255 e. The van der Waals surface area contributed by atoms with Gasteiger partial charge < -0.3 is 14.5 Å². The third-order valence-electron chi connectivity index (χ3n) is 4.90. The van der Waals surface area contributed by atoms with Gasteiger partial charge in [0.2, 0.25) is 0 Å². The first-order chi connectivity index (χ1) is 14.7. The zero-order valence-corrected chi connectivity index (χ0v) is 16.2. The average molecular weight is 393 g/mol. The van der Waals surface area contributed by atoms with Gasteiger partial charge in [-0.1, -0.05) is 42.5 Å². The van der Waals surface area contributed by atoms with E-state index in [1.165, 1.54) is 0 Å². The molecule has 5 rings (SSSR count). The van der Waals surface area contributed by atoms with Crippen LogP contribution in [0.4, 0.5) is 5.69 Å². The average Bonchev–Trinajstić information content (AvgIpc) is 3.21. The molecule has 0 atom stereocenters. The number of rotatable bonds is 5. The maximum absolute atomic E-state index is 12.7. The molecule has 2 aromatic heterocycles. The normalized spacial score (nSPS) is 10.9. The van der Waals surface area contributed by atoms with Gasteiger partial charge in [0.25, 0.3) is 5.91 Å². The van der Waals surface area contributed by atoms with Gasteiger partial charge in [-0.25, -0.2) is 4.98 Å². The van der Waals surface area contributed by atoms with E-state index in [2.05, 4.69) is 10.3 Å². The molecular formula is C25H19N3O2. The number of benzene rings is 3. The molecule has 0 aliphatic heterocycles. The number of carbonyl (C=O) groups excluding carboxylic acids is 1. The van der Waals surface area contributed by atoms with E-state index in [9.17, 15) is 4.79 Å². The molecule has 5 aromatic rings. The topological polar surface area (TPSA) is 55.6 Å². The van der Waals surface area contributed by atoms with Gasteiger partial charge in [0.15, 0.2) is 0 Å². The molecule has 0 aliphatic carbocycles. The number of aromatic nitrogens is 2. The monoisotopic (exact) mass is 393 g/mol. The fourth-order valence-corrected chi connectivity index (χ4v) is 3.41. The van der Waals surface area contributed by atoms with Crippen molar-refractivity contribution >= 4 is 28.0 Å². The number of nitrogens with zero attached hydrogens (tertiary/aromatic N) is 2. The van der Waals surface area contributed by atoms with E-state index < -0.39 is 0 Å². The molecule has 0 spiro atoms. The Labute approximate surface area is 173 Å². The molecule has 0 fully saturated rings. The smallest absolute Gasteiger partial charge is 0.255 e. The van der Waals surface area contributed by atoms with Crippen molar-refractivity contribution in [2.45, 2.75) is 6.61 Å². The highest BCUT2D eigenvalue weighted by molar-refractivity contribution is 6.06. The van der Waals surface area contributed by atoms with Crippen LogP contribution in [-0.4, -0.2) is 15.3 Å². The molecule has 0 aliphatic rings. The van der Waals surface area contributed by atoms with Crippen LogP contribution in [0.1, 0.15) is 16.1 Å². The summed E-state index contributed by atoms with van der Waals surface area (Å²) in [6.45, 7) is 0.351. The SMILES string of the molecule is O=C(Nc1cccc(OCc2cn3ccccc3n2)c1)c1ccc2ccccc2c1. The van der Waals surface area contributed by atoms with Gasteiger partial charge in [-0.2, -0.15) is 0 Å². The van der Waals surface area contributed by atoms with Gasteiger partial charge in [0.05, 0.1) is 5.69 Å². The molecule has 1 N–H and O–H groups in total. The zero-order valence-electron chi connectivity index (χ0n) is 16.2. The van der Waals surface area contributed by atoms with Crippen LogP contribution in [0.5, 0.6) is 5.75 Å². The number of anilines is 1. The molecule has 0 radical (unpaired) electrons. The lowest BCUT2D eigenvalue weighted by Crippen LogP contribution is -2.11. The van der Waals surface area contributed by atoms with Crippen LogP contribution < -0.4 is 10.1 Å². The summed E-state index contributed by atoms with van der Waals surface area (Å²) in [6, 6.07) is 26.9. The third kappa shape index (κ3) is 3.73. The summed E-state index contributed by atoms with van der Waals surface area (Å²) < 4.78 is 7.84. The van der Waals surface area contributed by atoms with Crippen LogP contribution in [0.25, 0.3) is 16.4 Å². The lowest BCUT2D eigenvalue weighted by atomic mass is 10.1. The van der Waals surface area contributed by atoms with E-state index in [4.69, 9.17) is 4.74 Å². The first-order valence-corrected chi connectivity index (χ1v) is 9.70.